The molecule has 1 unspecified atom stereocenters. The van der Waals surface area contributed by atoms with Crippen LogP contribution >= 0.6 is 11.6 Å². The van der Waals surface area contributed by atoms with Gasteiger partial charge >= 0.3 is 0 Å². The van der Waals surface area contributed by atoms with Crippen LogP contribution in [0.2, 0.25) is 5.02 Å². The molecule has 258 valence electrons. The van der Waals surface area contributed by atoms with Crippen LogP contribution in [0.5, 0.6) is 5.75 Å². The molecule has 1 fully saturated rings. The molecule has 0 spiro atoms. The molecule has 2 aromatic carbocycles. The number of benzene rings is 2. The van der Waals surface area contributed by atoms with Crippen LogP contribution in [-0.4, -0.2) is 76.2 Å². The van der Waals surface area contributed by atoms with Crippen molar-refractivity contribution in [1.82, 2.24) is 0 Å². The van der Waals surface area contributed by atoms with E-state index in [2.05, 4.69) is 15.3 Å². The van der Waals surface area contributed by atoms with E-state index in [1.54, 1.807) is 13.2 Å². The van der Waals surface area contributed by atoms with Gasteiger partial charge in [-0.2, -0.15) is 12.8 Å². The second-order valence-electron chi connectivity index (χ2n) is 12.6. The second-order valence-corrected chi connectivity index (χ2v) is 16.0. The van der Waals surface area contributed by atoms with Crippen LogP contribution in [0.3, 0.4) is 0 Å². The predicted molar refractivity (Wildman–Crippen MR) is 184 cm³/mol. The van der Waals surface area contributed by atoms with E-state index < -0.39 is 32.7 Å². The number of aryl methyl sites for hydroxylation is 1. The van der Waals surface area contributed by atoms with E-state index in [0.29, 0.717) is 41.9 Å². The number of amides is 1. The number of hydrogen-bond acceptors (Lipinski definition) is 9. The van der Waals surface area contributed by atoms with E-state index >= 15 is 0 Å². The first-order valence-corrected chi connectivity index (χ1v) is 19.8. The number of carbonyl (C=O) groups is 1. The summed E-state index contributed by atoms with van der Waals surface area (Å²) in [5.41, 5.74) is 3.54. The number of halogens is 1. The number of carbonyl (C=O) groups excluding carboxylic acids is 1. The summed E-state index contributed by atoms with van der Waals surface area (Å²) in [4.78, 5) is 15.7. The Balaban J connectivity index is 1.52. The molecule has 6 atom stereocenters. The van der Waals surface area contributed by atoms with Gasteiger partial charge in [0.2, 0.25) is 0 Å². The molecular formula is C34H45ClN2O8S2. The first-order valence-electron chi connectivity index (χ1n) is 16.2. The van der Waals surface area contributed by atoms with Crippen LogP contribution in [0.25, 0.3) is 0 Å². The maximum absolute atomic E-state index is 13.4. The van der Waals surface area contributed by atoms with Gasteiger partial charge in [-0.15, -0.1) is 0 Å². The number of ether oxygens (including phenoxy) is 3. The number of anilines is 1. The Labute approximate surface area is 285 Å². The number of nitrogens with zero attached hydrogens (tertiary/aromatic N) is 2. The van der Waals surface area contributed by atoms with Crippen LogP contribution < -0.4 is 9.64 Å². The van der Waals surface area contributed by atoms with Crippen molar-refractivity contribution < 1.29 is 35.8 Å². The molecule has 2 heterocycles. The summed E-state index contributed by atoms with van der Waals surface area (Å²) in [6.45, 7) is 3.60. The summed E-state index contributed by atoms with van der Waals surface area (Å²) in [6.07, 6.45) is 8.91. The lowest BCUT2D eigenvalue weighted by Gasteiger charge is -2.43. The van der Waals surface area contributed by atoms with Crippen molar-refractivity contribution in [3.05, 3.63) is 70.3 Å². The van der Waals surface area contributed by atoms with Gasteiger partial charge in [0.15, 0.2) is 0 Å². The Morgan fingerprint density at radius 1 is 1.06 bits per heavy atom. The maximum atomic E-state index is 13.4. The van der Waals surface area contributed by atoms with E-state index in [0.717, 1.165) is 44.0 Å². The van der Waals surface area contributed by atoms with E-state index in [4.69, 9.17) is 30.0 Å². The van der Waals surface area contributed by atoms with Gasteiger partial charge in [0.25, 0.3) is 16.0 Å². The number of thiol groups is 1. The zero-order chi connectivity index (χ0) is 33.6. The smallest absolute Gasteiger partial charge is 0.284 e. The standard InChI is InChI=1S/C34H45ClN2O8S2/c1-23-22-46(39)36-34(38)25-9-12-33-30(19-25)37(20-26-7-10-28(35)18-24(26)6-4-5-15-43-33)21-27-8-11-29(27)32(42-2)14-13-31(23)44-16-17-45-47(3,40)41/h7,9-10,12-14,18-19,23,27,29,31-32,46H,4-6,8,11,15-17,20-22H2,1-3H3/b14-13+/t23-,27+,29-,31+,32+/m1/s1. The van der Waals surface area contributed by atoms with Crippen molar-refractivity contribution in [1.29, 1.82) is 0 Å². The highest BCUT2D eigenvalue weighted by Gasteiger charge is 2.38. The van der Waals surface area contributed by atoms with E-state index in [1.165, 1.54) is 11.1 Å². The summed E-state index contributed by atoms with van der Waals surface area (Å²) in [7, 11) is -4.17. The van der Waals surface area contributed by atoms with Crippen LogP contribution in [0.15, 0.2) is 52.9 Å². The zero-order valence-electron chi connectivity index (χ0n) is 27.2. The third-order valence-electron chi connectivity index (χ3n) is 9.19. The average molecular weight is 709 g/mol. The SMILES string of the molecule is CO[C@H]1/C=C/[C@H](OCCOS(C)(=O)=O)[C@H](C)C/[SH](=O)=N\C(=O)c2ccc3c(c2)N(Cc2ccc(Cl)cc2CCCCO3)C[C@@H]2CC[C@H]21. The Morgan fingerprint density at radius 2 is 1.87 bits per heavy atom. The molecule has 0 radical (unpaired) electrons. The van der Waals surface area contributed by atoms with Gasteiger partial charge in [0.1, 0.15) is 5.75 Å². The molecule has 1 saturated carbocycles. The molecule has 2 aliphatic heterocycles. The van der Waals surface area contributed by atoms with E-state index in [-0.39, 0.29) is 36.9 Å². The summed E-state index contributed by atoms with van der Waals surface area (Å²) < 4.78 is 63.3. The fraction of sp³-hybridized carbons (Fsp3) is 0.559. The van der Waals surface area contributed by atoms with Crippen molar-refractivity contribution in [2.75, 3.05) is 50.4 Å². The monoisotopic (exact) mass is 708 g/mol. The van der Waals surface area contributed by atoms with Gasteiger partial charge in [-0.3, -0.25) is 13.2 Å². The minimum absolute atomic E-state index is 0.0157. The Bertz CT molecular complexity index is 1640. The minimum atomic E-state index is -3.61. The molecule has 0 saturated heterocycles. The quantitative estimate of drug-likeness (QED) is 0.180. The van der Waals surface area contributed by atoms with Gasteiger partial charge < -0.3 is 19.1 Å². The molecule has 5 rings (SSSR count). The molecule has 2 bridgehead atoms. The van der Waals surface area contributed by atoms with E-state index in [1.807, 2.05) is 43.3 Å². The summed E-state index contributed by atoms with van der Waals surface area (Å²) >= 11 is 6.43. The molecular weight excluding hydrogens is 664 g/mol. The highest BCUT2D eigenvalue weighted by molar-refractivity contribution is 7.86. The third kappa shape index (κ3) is 9.79. The fourth-order valence-electron chi connectivity index (χ4n) is 6.54. The number of rotatable bonds is 6. The van der Waals surface area contributed by atoms with Crippen LogP contribution in [0.1, 0.15) is 54.1 Å². The first kappa shape index (κ1) is 35.8. The highest BCUT2D eigenvalue weighted by atomic mass is 35.5. The van der Waals surface area contributed by atoms with Gasteiger partial charge in [0.05, 0.1) is 44.0 Å². The molecule has 0 aromatic heterocycles. The topological polar surface area (TPSA) is 121 Å². The maximum Gasteiger partial charge on any atom is 0.284 e. The third-order valence-corrected chi connectivity index (χ3v) is 11.3. The Kier molecular flexibility index (Phi) is 12.4. The largest absolute Gasteiger partial charge is 0.491 e. The molecule has 3 aliphatic rings. The predicted octanol–water partition coefficient (Wildman–Crippen LogP) is 5.48. The second kappa shape index (κ2) is 16.3. The van der Waals surface area contributed by atoms with Crippen molar-refractivity contribution in [3.8, 4) is 5.75 Å². The summed E-state index contributed by atoms with van der Waals surface area (Å²) in [6, 6.07) is 11.4. The lowest BCUT2D eigenvalue weighted by atomic mass is 9.70. The van der Waals surface area contributed by atoms with Gasteiger partial charge in [0, 0.05) is 47.1 Å². The lowest BCUT2D eigenvalue weighted by molar-refractivity contribution is 0.00999. The highest BCUT2D eigenvalue weighted by Crippen LogP contribution is 2.42. The summed E-state index contributed by atoms with van der Waals surface area (Å²) in [5.74, 6) is 0.494. The van der Waals surface area contributed by atoms with Crippen molar-refractivity contribution >= 4 is 43.9 Å². The molecule has 13 heteroatoms. The summed E-state index contributed by atoms with van der Waals surface area (Å²) in [5, 5.41) is 0.708. The number of methoxy groups -OCH3 is 1. The van der Waals surface area contributed by atoms with Crippen LogP contribution in [0, 0.1) is 17.8 Å². The molecule has 1 amide bonds. The average Bonchev–Trinajstić information content (AvgIpc) is 3.03. The number of hydrogen-bond donors (Lipinski definition) is 1. The van der Waals surface area contributed by atoms with E-state index in [9.17, 15) is 17.4 Å². The molecule has 47 heavy (non-hydrogen) atoms. The molecule has 1 aliphatic carbocycles. The van der Waals surface area contributed by atoms with Gasteiger partial charge in [-0.1, -0.05) is 36.7 Å². The molecule has 2 aromatic rings. The van der Waals surface area contributed by atoms with Crippen molar-refractivity contribution in [2.45, 2.75) is 57.8 Å². The normalized spacial score (nSPS) is 28.3. The van der Waals surface area contributed by atoms with Crippen molar-refractivity contribution in [3.63, 3.8) is 0 Å². The molecule has 0 N–H and O–H groups in total. The van der Waals surface area contributed by atoms with Crippen molar-refractivity contribution in [2.24, 2.45) is 22.1 Å². The van der Waals surface area contributed by atoms with Gasteiger partial charge in [-0.25, -0.2) is 0 Å². The van der Waals surface area contributed by atoms with Gasteiger partial charge in [-0.05, 0) is 91.3 Å². The zero-order valence-corrected chi connectivity index (χ0v) is 29.6. The van der Waals surface area contributed by atoms with Crippen LogP contribution in [0.4, 0.5) is 5.69 Å². The Morgan fingerprint density at radius 3 is 2.62 bits per heavy atom. The lowest BCUT2D eigenvalue weighted by Crippen LogP contribution is -2.43. The molecule has 10 nitrogen and oxygen atoms in total. The number of fused-ring (bicyclic) bond motifs is 3. The minimum Gasteiger partial charge on any atom is -0.491 e. The first-order chi connectivity index (χ1) is 22.5. The Hall–Kier alpha value is -2.48. The fourth-order valence-corrected chi connectivity index (χ4v) is 8.20. The van der Waals surface area contributed by atoms with Crippen LogP contribution in [-0.2, 0) is 47.3 Å².